The summed E-state index contributed by atoms with van der Waals surface area (Å²) in [5.41, 5.74) is 2.38. The van der Waals surface area contributed by atoms with Crippen LogP contribution in [0, 0.1) is 11.8 Å². The summed E-state index contributed by atoms with van der Waals surface area (Å²) in [6.07, 6.45) is 10.6. The van der Waals surface area contributed by atoms with Gasteiger partial charge >= 0.3 is 0 Å². The quantitative estimate of drug-likeness (QED) is 0.155. The molecule has 0 bridgehead atoms. The van der Waals surface area contributed by atoms with Crippen molar-refractivity contribution in [2.24, 2.45) is 0 Å². The van der Waals surface area contributed by atoms with Crippen molar-refractivity contribution in [1.29, 1.82) is 0 Å². The zero-order valence-corrected chi connectivity index (χ0v) is 24.1. The minimum Gasteiger partial charge on any atom is -0.369 e. The molecule has 0 unspecified atom stereocenters. The Labute approximate surface area is 241 Å². The van der Waals surface area contributed by atoms with Gasteiger partial charge in [-0.15, -0.1) is 5.10 Å². The van der Waals surface area contributed by atoms with Crippen molar-refractivity contribution >= 4 is 29.3 Å². The summed E-state index contributed by atoms with van der Waals surface area (Å²) in [4.78, 5) is 36.7. The molecular formula is C29H38N10O2. The topological polar surface area (TPSA) is 133 Å². The number of unbranched alkanes of at least 4 members (excludes halogenated alkanes) is 1. The molecule has 0 aliphatic carbocycles. The van der Waals surface area contributed by atoms with Crippen LogP contribution in [-0.2, 0) is 9.59 Å². The molecule has 3 aromatic rings. The molecule has 12 heteroatoms. The molecule has 0 aliphatic heterocycles. The molecule has 0 atom stereocenters. The van der Waals surface area contributed by atoms with Crippen molar-refractivity contribution in [3.05, 3.63) is 60.6 Å². The average molecular weight is 559 g/mol. The zero-order chi connectivity index (χ0) is 29.5. The highest BCUT2D eigenvalue weighted by molar-refractivity contribution is 5.91. The highest BCUT2D eigenvalue weighted by atomic mass is 16.2. The van der Waals surface area contributed by atoms with E-state index < -0.39 is 0 Å². The molecule has 216 valence electrons. The third-order valence-electron chi connectivity index (χ3n) is 5.63. The van der Waals surface area contributed by atoms with Crippen molar-refractivity contribution in [1.82, 2.24) is 40.1 Å². The Kier molecular flexibility index (Phi) is 12.3. The predicted molar refractivity (Wildman–Crippen MR) is 160 cm³/mol. The van der Waals surface area contributed by atoms with Gasteiger partial charge in [0, 0.05) is 44.9 Å². The lowest BCUT2D eigenvalue weighted by Gasteiger charge is -2.14. The second-order valence-electron chi connectivity index (χ2n) is 9.52. The first-order chi connectivity index (χ1) is 19.9. The number of likely N-dealkylation sites (N-methyl/N-ethyl adjacent to an activating group) is 2. The van der Waals surface area contributed by atoms with Crippen LogP contribution < -0.4 is 16.0 Å². The number of amides is 2. The van der Waals surface area contributed by atoms with E-state index in [0.29, 0.717) is 43.3 Å². The Balaban J connectivity index is 1.50. The summed E-state index contributed by atoms with van der Waals surface area (Å²) in [5.74, 6) is 6.98. The van der Waals surface area contributed by atoms with Gasteiger partial charge in [-0.3, -0.25) is 9.59 Å². The Morgan fingerprint density at radius 2 is 2.02 bits per heavy atom. The molecule has 0 spiro atoms. The van der Waals surface area contributed by atoms with Crippen molar-refractivity contribution in [3.8, 4) is 17.5 Å². The Morgan fingerprint density at radius 3 is 2.78 bits per heavy atom. The summed E-state index contributed by atoms with van der Waals surface area (Å²) in [6.45, 7) is 3.97. The van der Waals surface area contributed by atoms with Crippen LogP contribution in [0.2, 0.25) is 0 Å². The maximum Gasteiger partial charge on any atom is 0.246 e. The van der Waals surface area contributed by atoms with E-state index in [1.165, 1.54) is 11.0 Å². The van der Waals surface area contributed by atoms with E-state index in [4.69, 9.17) is 0 Å². The molecular weight excluding hydrogens is 520 g/mol. The van der Waals surface area contributed by atoms with Gasteiger partial charge in [0.25, 0.3) is 0 Å². The van der Waals surface area contributed by atoms with E-state index >= 15 is 0 Å². The van der Waals surface area contributed by atoms with Crippen molar-refractivity contribution in [3.63, 3.8) is 0 Å². The lowest BCUT2D eigenvalue weighted by atomic mass is 10.2. The molecule has 0 fully saturated rings. The number of benzene rings is 1. The molecule has 0 aliphatic rings. The van der Waals surface area contributed by atoms with E-state index in [-0.39, 0.29) is 18.4 Å². The van der Waals surface area contributed by atoms with E-state index in [1.54, 1.807) is 36.4 Å². The summed E-state index contributed by atoms with van der Waals surface area (Å²) in [5, 5.41) is 17.3. The minimum absolute atomic E-state index is 0.00569. The minimum atomic E-state index is -0.205. The van der Waals surface area contributed by atoms with Gasteiger partial charge in [-0.1, -0.05) is 36.1 Å². The maximum atomic E-state index is 12.2. The number of carbonyl (C=O) groups is 2. The third kappa shape index (κ3) is 10.7. The van der Waals surface area contributed by atoms with Gasteiger partial charge in [0.05, 0.1) is 36.4 Å². The van der Waals surface area contributed by atoms with Crippen LogP contribution in [0.15, 0.2) is 55.0 Å². The van der Waals surface area contributed by atoms with Crippen LogP contribution in [0.1, 0.15) is 31.7 Å². The highest BCUT2D eigenvalue weighted by Gasteiger charge is 2.10. The molecule has 0 radical (unpaired) electrons. The fourth-order valence-electron chi connectivity index (χ4n) is 3.52. The fraction of sp³-hybridized carbons (Fsp3) is 0.379. The van der Waals surface area contributed by atoms with Crippen LogP contribution in [0.25, 0.3) is 5.69 Å². The van der Waals surface area contributed by atoms with E-state index in [2.05, 4.69) is 55.0 Å². The third-order valence-corrected chi connectivity index (χ3v) is 5.63. The normalized spacial score (nSPS) is 10.8. The van der Waals surface area contributed by atoms with Gasteiger partial charge in [0.1, 0.15) is 5.82 Å². The number of rotatable bonds is 14. The number of hydrogen-bond donors (Lipinski definition) is 3. The van der Waals surface area contributed by atoms with Crippen molar-refractivity contribution < 1.29 is 9.59 Å². The molecule has 2 heterocycles. The number of hydrogen-bond acceptors (Lipinski definition) is 9. The second-order valence-corrected chi connectivity index (χ2v) is 9.52. The lowest BCUT2D eigenvalue weighted by molar-refractivity contribution is -0.131. The number of aromatic nitrogens is 5. The molecule has 0 saturated heterocycles. The average Bonchev–Trinajstić information content (AvgIpc) is 3.50. The monoisotopic (exact) mass is 558 g/mol. The number of anilines is 3. The summed E-state index contributed by atoms with van der Waals surface area (Å²) >= 11 is 0. The second kappa shape index (κ2) is 16.4. The Bertz CT molecular complexity index is 1360. The van der Waals surface area contributed by atoms with Crippen LogP contribution in [0.3, 0.4) is 0 Å². The molecule has 12 nitrogen and oxygen atoms in total. The van der Waals surface area contributed by atoms with Crippen LogP contribution in [-0.4, -0.2) is 93.9 Å². The van der Waals surface area contributed by atoms with E-state index in [9.17, 15) is 9.59 Å². The molecule has 1 aromatic carbocycles. The number of nitrogens with zero attached hydrogens (tertiary/aromatic N) is 7. The van der Waals surface area contributed by atoms with Crippen molar-refractivity contribution in [2.75, 3.05) is 58.0 Å². The Morgan fingerprint density at radius 1 is 1.17 bits per heavy atom. The smallest absolute Gasteiger partial charge is 0.246 e. The maximum absolute atomic E-state index is 12.2. The van der Waals surface area contributed by atoms with Gasteiger partial charge in [0.2, 0.25) is 17.8 Å². The zero-order valence-electron chi connectivity index (χ0n) is 24.1. The molecule has 41 heavy (non-hydrogen) atoms. The highest BCUT2D eigenvalue weighted by Crippen LogP contribution is 2.19. The fourth-order valence-corrected chi connectivity index (χ4v) is 3.52. The van der Waals surface area contributed by atoms with Gasteiger partial charge in [-0.2, -0.15) is 4.98 Å². The van der Waals surface area contributed by atoms with Gasteiger partial charge in [0.15, 0.2) is 0 Å². The predicted octanol–water partition coefficient (Wildman–Crippen LogP) is 2.45. The first-order valence-corrected chi connectivity index (χ1v) is 13.5. The lowest BCUT2D eigenvalue weighted by Crippen LogP contribution is -2.38. The van der Waals surface area contributed by atoms with E-state index in [1.807, 2.05) is 43.3 Å². The van der Waals surface area contributed by atoms with Crippen molar-refractivity contribution in [2.45, 2.75) is 26.2 Å². The molecule has 3 rings (SSSR count). The number of nitrogens with one attached hydrogen (secondary N) is 3. The Hall–Kier alpha value is -4.76. The van der Waals surface area contributed by atoms with Gasteiger partial charge < -0.3 is 25.8 Å². The van der Waals surface area contributed by atoms with Crippen LogP contribution >= 0.6 is 0 Å². The number of carbonyl (C=O) groups excluding carboxylic acids is 2. The first-order valence-electron chi connectivity index (χ1n) is 13.5. The summed E-state index contributed by atoms with van der Waals surface area (Å²) < 4.78 is 1.68. The largest absolute Gasteiger partial charge is 0.369 e. The van der Waals surface area contributed by atoms with Crippen LogP contribution in [0.5, 0.6) is 0 Å². The first kappa shape index (κ1) is 30.8. The molecule has 2 aromatic heterocycles. The standard InChI is InChI=1S/C29H38N10O2/c1-5-15-31-28-23(11-7-6-8-16-30-26(40)22-38(4)27(41)14-10-18-37(2)3)21-32-29(35-28)34-24-12-9-13-25(20-24)39-19-17-33-36-39/h9-10,12-14,17,19-21H,5-6,8,15-16,18,22H2,1-4H3,(H,30,40)(H2,31,32,34,35)/b14-10+. The van der Waals surface area contributed by atoms with Gasteiger partial charge in [-0.25, -0.2) is 9.67 Å². The molecule has 0 saturated carbocycles. The van der Waals surface area contributed by atoms with E-state index in [0.717, 1.165) is 24.3 Å². The molecule has 2 amide bonds. The summed E-state index contributed by atoms with van der Waals surface area (Å²) in [7, 11) is 5.45. The summed E-state index contributed by atoms with van der Waals surface area (Å²) in [6, 6.07) is 7.71. The SMILES string of the molecule is CCCNc1nc(Nc2cccc(-n3ccnn3)c2)ncc1C#CCCCNC(=O)CN(C)C(=O)/C=C/CN(C)C. The van der Waals surface area contributed by atoms with Gasteiger partial charge in [-0.05, 0) is 45.1 Å². The van der Waals surface area contributed by atoms with Crippen LogP contribution in [0.4, 0.5) is 17.5 Å². The molecule has 3 N–H and O–H groups in total.